The lowest BCUT2D eigenvalue weighted by molar-refractivity contribution is -0.0469. The van der Waals surface area contributed by atoms with Gasteiger partial charge in [-0.1, -0.05) is 49.7 Å². The van der Waals surface area contributed by atoms with Crippen LogP contribution in [0.25, 0.3) is 0 Å². The molecule has 2 atom stereocenters. The van der Waals surface area contributed by atoms with Gasteiger partial charge in [0.05, 0.1) is 20.3 Å². The highest BCUT2D eigenvalue weighted by Gasteiger charge is 2.39. The van der Waals surface area contributed by atoms with E-state index >= 15 is 0 Å². The first-order valence-corrected chi connectivity index (χ1v) is 11.1. The Hall–Kier alpha value is -2.04. The molecule has 2 aromatic rings. The van der Waals surface area contributed by atoms with Crippen molar-refractivity contribution in [1.29, 1.82) is 0 Å². The molecule has 164 valence electrons. The van der Waals surface area contributed by atoms with Crippen LogP contribution in [0.5, 0.6) is 11.5 Å². The van der Waals surface area contributed by atoms with Gasteiger partial charge >= 0.3 is 0 Å². The summed E-state index contributed by atoms with van der Waals surface area (Å²) in [4.78, 5) is 0. The van der Waals surface area contributed by atoms with Gasteiger partial charge in [0.1, 0.15) is 0 Å². The van der Waals surface area contributed by atoms with Gasteiger partial charge in [-0.05, 0) is 61.9 Å². The van der Waals surface area contributed by atoms with Gasteiger partial charge in [0.25, 0.3) is 0 Å². The summed E-state index contributed by atoms with van der Waals surface area (Å²) in [6.45, 7) is 9.31. The normalized spacial score (nSPS) is 21.6. The Balaban J connectivity index is 1.68. The van der Waals surface area contributed by atoms with E-state index in [1.807, 2.05) is 12.1 Å². The maximum Gasteiger partial charge on any atom is 0.161 e. The lowest BCUT2D eigenvalue weighted by Gasteiger charge is -2.43. The summed E-state index contributed by atoms with van der Waals surface area (Å²) in [7, 11) is 3.34. The SMILES string of the molecule is COc1ccc(CNCC[C@@]2(c3ccc(C)cc3)CCO[C@H](C(C)C)C2)cc1OC. The van der Waals surface area contributed by atoms with Crippen LogP contribution in [-0.2, 0) is 16.7 Å². The van der Waals surface area contributed by atoms with Crippen molar-refractivity contribution in [2.45, 2.75) is 58.1 Å². The molecule has 1 N–H and O–H groups in total. The average molecular weight is 412 g/mol. The molecule has 0 radical (unpaired) electrons. The molecule has 1 fully saturated rings. The van der Waals surface area contributed by atoms with E-state index in [1.54, 1.807) is 14.2 Å². The Morgan fingerprint density at radius 1 is 1.07 bits per heavy atom. The Kier molecular flexibility index (Phi) is 7.79. The molecule has 0 amide bonds. The predicted octanol–water partition coefficient (Wildman–Crippen LogP) is 5.26. The highest BCUT2D eigenvalue weighted by atomic mass is 16.5. The van der Waals surface area contributed by atoms with Crippen LogP contribution in [0.1, 0.15) is 49.8 Å². The second kappa shape index (κ2) is 10.3. The van der Waals surface area contributed by atoms with Crippen molar-refractivity contribution < 1.29 is 14.2 Å². The van der Waals surface area contributed by atoms with E-state index < -0.39 is 0 Å². The third-order valence-corrected chi connectivity index (χ3v) is 6.47. The molecule has 4 nitrogen and oxygen atoms in total. The second-order valence-corrected chi connectivity index (χ2v) is 8.87. The van der Waals surface area contributed by atoms with Crippen LogP contribution in [-0.4, -0.2) is 33.5 Å². The summed E-state index contributed by atoms with van der Waals surface area (Å²) in [5.74, 6) is 2.08. The van der Waals surface area contributed by atoms with E-state index in [-0.39, 0.29) is 5.41 Å². The molecule has 1 aliphatic heterocycles. The molecule has 0 spiro atoms. The number of hydrogen-bond acceptors (Lipinski definition) is 4. The molecule has 0 bridgehead atoms. The number of ether oxygens (including phenoxy) is 3. The minimum absolute atomic E-state index is 0.172. The minimum atomic E-state index is 0.172. The van der Waals surface area contributed by atoms with E-state index in [0.29, 0.717) is 12.0 Å². The Morgan fingerprint density at radius 2 is 1.80 bits per heavy atom. The molecule has 1 heterocycles. The number of aryl methyl sites for hydroxylation is 1. The summed E-state index contributed by atoms with van der Waals surface area (Å²) in [5.41, 5.74) is 4.14. The van der Waals surface area contributed by atoms with Crippen LogP contribution >= 0.6 is 0 Å². The molecule has 0 aliphatic carbocycles. The van der Waals surface area contributed by atoms with Gasteiger partial charge in [0, 0.05) is 18.6 Å². The number of hydrogen-bond donors (Lipinski definition) is 1. The van der Waals surface area contributed by atoms with Crippen molar-refractivity contribution in [2.24, 2.45) is 5.92 Å². The zero-order chi connectivity index (χ0) is 21.6. The van der Waals surface area contributed by atoms with Crippen LogP contribution in [0.4, 0.5) is 0 Å². The molecule has 0 aromatic heterocycles. The number of nitrogens with one attached hydrogen (secondary N) is 1. The quantitative estimate of drug-likeness (QED) is 0.571. The third-order valence-electron chi connectivity index (χ3n) is 6.47. The van der Waals surface area contributed by atoms with Crippen molar-refractivity contribution in [3.8, 4) is 11.5 Å². The molecular weight excluding hydrogens is 374 g/mol. The Bertz CT molecular complexity index is 802. The molecule has 30 heavy (non-hydrogen) atoms. The largest absolute Gasteiger partial charge is 0.493 e. The topological polar surface area (TPSA) is 39.7 Å². The summed E-state index contributed by atoms with van der Waals surface area (Å²) in [5, 5.41) is 3.65. The first-order chi connectivity index (χ1) is 14.5. The van der Waals surface area contributed by atoms with E-state index in [1.165, 1.54) is 16.7 Å². The van der Waals surface area contributed by atoms with E-state index in [9.17, 15) is 0 Å². The smallest absolute Gasteiger partial charge is 0.161 e. The number of methoxy groups -OCH3 is 2. The van der Waals surface area contributed by atoms with Gasteiger partial charge in [-0.3, -0.25) is 0 Å². The Labute approximate surface area is 181 Å². The minimum Gasteiger partial charge on any atom is -0.493 e. The van der Waals surface area contributed by atoms with Crippen molar-refractivity contribution in [1.82, 2.24) is 5.32 Å². The van der Waals surface area contributed by atoms with Gasteiger partial charge < -0.3 is 19.5 Å². The standard InChI is InChI=1S/C26H37NO3/c1-19(2)25-17-26(13-15-30-25,22-9-6-20(3)7-10-22)12-14-27-18-21-8-11-23(28-4)24(16-21)29-5/h6-11,16,19,25,27H,12-15,17-18H2,1-5H3/t25-,26+/m0/s1. The van der Waals surface area contributed by atoms with Gasteiger partial charge in [0.15, 0.2) is 11.5 Å². The van der Waals surface area contributed by atoms with Crippen LogP contribution in [0, 0.1) is 12.8 Å². The van der Waals surface area contributed by atoms with Crippen molar-refractivity contribution in [3.63, 3.8) is 0 Å². The molecule has 3 rings (SSSR count). The highest BCUT2D eigenvalue weighted by Crippen LogP contribution is 2.41. The fourth-order valence-electron chi connectivity index (χ4n) is 4.47. The van der Waals surface area contributed by atoms with Gasteiger partial charge in [-0.2, -0.15) is 0 Å². The van der Waals surface area contributed by atoms with E-state index in [2.05, 4.69) is 56.4 Å². The number of benzene rings is 2. The maximum absolute atomic E-state index is 6.12. The maximum atomic E-state index is 6.12. The molecule has 4 heteroatoms. The van der Waals surface area contributed by atoms with E-state index in [4.69, 9.17) is 14.2 Å². The lowest BCUT2D eigenvalue weighted by Crippen LogP contribution is -2.42. The van der Waals surface area contributed by atoms with Crippen LogP contribution in [0.3, 0.4) is 0 Å². The molecule has 2 aromatic carbocycles. The zero-order valence-corrected chi connectivity index (χ0v) is 19.2. The second-order valence-electron chi connectivity index (χ2n) is 8.87. The zero-order valence-electron chi connectivity index (χ0n) is 19.2. The van der Waals surface area contributed by atoms with Crippen LogP contribution in [0.15, 0.2) is 42.5 Å². The molecule has 1 aliphatic rings. The van der Waals surface area contributed by atoms with Gasteiger partial charge in [-0.25, -0.2) is 0 Å². The average Bonchev–Trinajstić information content (AvgIpc) is 2.77. The highest BCUT2D eigenvalue weighted by molar-refractivity contribution is 5.42. The van der Waals surface area contributed by atoms with Crippen LogP contribution in [0.2, 0.25) is 0 Å². The van der Waals surface area contributed by atoms with Crippen molar-refractivity contribution in [2.75, 3.05) is 27.4 Å². The predicted molar refractivity (Wildman–Crippen MR) is 123 cm³/mol. The number of rotatable bonds is 9. The molecule has 1 saturated heterocycles. The molecule has 0 saturated carbocycles. The third kappa shape index (κ3) is 5.35. The summed E-state index contributed by atoms with van der Waals surface area (Å²) < 4.78 is 16.9. The Morgan fingerprint density at radius 3 is 2.47 bits per heavy atom. The van der Waals surface area contributed by atoms with Gasteiger partial charge in [-0.15, -0.1) is 0 Å². The molecular formula is C26H37NO3. The van der Waals surface area contributed by atoms with Crippen molar-refractivity contribution >= 4 is 0 Å². The summed E-state index contributed by atoms with van der Waals surface area (Å²) >= 11 is 0. The lowest BCUT2D eigenvalue weighted by atomic mass is 9.68. The van der Waals surface area contributed by atoms with Crippen molar-refractivity contribution in [3.05, 3.63) is 59.2 Å². The fraction of sp³-hybridized carbons (Fsp3) is 0.538. The summed E-state index contributed by atoms with van der Waals surface area (Å²) in [6.07, 6.45) is 3.60. The van der Waals surface area contributed by atoms with Gasteiger partial charge in [0.2, 0.25) is 0 Å². The van der Waals surface area contributed by atoms with Crippen LogP contribution < -0.4 is 14.8 Å². The monoisotopic (exact) mass is 411 g/mol. The summed E-state index contributed by atoms with van der Waals surface area (Å²) in [6, 6.07) is 15.2. The molecule has 0 unspecified atom stereocenters. The van der Waals surface area contributed by atoms with E-state index in [0.717, 1.165) is 50.5 Å². The fourth-order valence-corrected chi connectivity index (χ4v) is 4.47. The first-order valence-electron chi connectivity index (χ1n) is 11.1. The first kappa shape index (κ1) is 22.6.